The van der Waals surface area contributed by atoms with Crippen LogP contribution in [0.5, 0.6) is 0 Å². The monoisotopic (exact) mass is 381 g/mol. The van der Waals surface area contributed by atoms with Crippen molar-refractivity contribution in [3.8, 4) is 5.69 Å². The van der Waals surface area contributed by atoms with Crippen molar-refractivity contribution in [3.05, 3.63) is 41.5 Å². The molecule has 6 nitrogen and oxygen atoms in total. The molecule has 1 saturated heterocycles. The van der Waals surface area contributed by atoms with Gasteiger partial charge in [-0.2, -0.15) is 0 Å². The zero-order valence-electron chi connectivity index (χ0n) is 17.2. The van der Waals surface area contributed by atoms with Crippen LogP contribution >= 0.6 is 0 Å². The van der Waals surface area contributed by atoms with Crippen LogP contribution in [0.3, 0.4) is 0 Å². The molecule has 4 rings (SSSR count). The van der Waals surface area contributed by atoms with Gasteiger partial charge in [0.2, 0.25) is 5.82 Å². The van der Waals surface area contributed by atoms with E-state index in [1.165, 1.54) is 18.4 Å². The van der Waals surface area contributed by atoms with Crippen LogP contribution in [0, 0.1) is 12.8 Å². The topological polar surface area (TPSA) is 63.1 Å². The lowest BCUT2D eigenvalue weighted by atomic mass is 10.0. The predicted octanol–water partition coefficient (Wildman–Crippen LogP) is 3.30. The summed E-state index contributed by atoms with van der Waals surface area (Å²) in [4.78, 5) is 19.4. The lowest BCUT2D eigenvalue weighted by Gasteiger charge is -2.31. The lowest BCUT2D eigenvalue weighted by Crippen LogP contribution is -2.45. The molecule has 150 valence electrons. The molecule has 2 aromatic rings. The molecule has 1 saturated carbocycles. The molecule has 2 fully saturated rings. The van der Waals surface area contributed by atoms with Crippen molar-refractivity contribution in [1.29, 1.82) is 0 Å². The van der Waals surface area contributed by atoms with E-state index in [1.54, 1.807) is 0 Å². The minimum absolute atomic E-state index is 0.0514. The molecule has 1 aromatic carbocycles. The van der Waals surface area contributed by atoms with Crippen LogP contribution in [-0.2, 0) is 0 Å². The smallest absolute Gasteiger partial charge is 0.293 e. The van der Waals surface area contributed by atoms with Gasteiger partial charge in [0.15, 0.2) is 0 Å². The molecule has 0 atom stereocenters. The third-order valence-electron chi connectivity index (χ3n) is 5.92. The quantitative estimate of drug-likeness (QED) is 0.834. The lowest BCUT2D eigenvalue weighted by molar-refractivity contribution is 0.0692. The summed E-state index contributed by atoms with van der Waals surface area (Å²) in [7, 11) is 0. The third-order valence-corrected chi connectivity index (χ3v) is 5.92. The van der Waals surface area contributed by atoms with E-state index in [2.05, 4.69) is 35.3 Å². The number of nitrogens with one attached hydrogen (secondary N) is 1. The minimum Gasteiger partial charge on any atom is -0.336 e. The highest BCUT2D eigenvalue weighted by atomic mass is 16.2. The van der Waals surface area contributed by atoms with Crippen molar-refractivity contribution in [3.63, 3.8) is 0 Å². The number of piperidine rings is 1. The number of aryl methyl sites for hydroxylation is 1. The van der Waals surface area contributed by atoms with Crippen molar-refractivity contribution in [2.45, 2.75) is 58.4 Å². The van der Waals surface area contributed by atoms with E-state index in [0.29, 0.717) is 17.8 Å². The number of hydrogen-bond acceptors (Lipinski definition) is 4. The Morgan fingerprint density at radius 2 is 1.89 bits per heavy atom. The van der Waals surface area contributed by atoms with Gasteiger partial charge in [0, 0.05) is 19.1 Å². The molecule has 1 N–H and O–H groups in total. The predicted molar refractivity (Wildman–Crippen MR) is 110 cm³/mol. The van der Waals surface area contributed by atoms with Crippen LogP contribution in [0.25, 0.3) is 5.69 Å². The summed E-state index contributed by atoms with van der Waals surface area (Å²) in [6.07, 6.45) is 4.76. The molecule has 1 amide bonds. The van der Waals surface area contributed by atoms with Gasteiger partial charge in [0.25, 0.3) is 5.91 Å². The fourth-order valence-corrected chi connectivity index (χ4v) is 3.96. The summed E-state index contributed by atoms with van der Waals surface area (Å²) in [5.74, 6) is 2.27. The highest BCUT2D eigenvalue weighted by Gasteiger charge is 2.28. The Hall–Kier alpha value is -2.21. The second-order valence-corrected chi connectivity index (χ2v) is 8.53. The Morgan fingerprint density at radius 3 is 2.57 bits per heavy atom. The van der Waals surface area contributed by atoms with Gasteiger partial charge < -0.3 is 10.2 Å². The number of carbonyl (C=O) groups is 1. The van der Waals surface area contributed by atoms with Crippen molar-refractivity contribution < 1.29 is 4.79 Å². The fraction of sp³-hybridized carbons (Fsp3) is 0.591. The Morgan fingerprint density at radius 1 is 1.18 bits per heavy atom. The first kappa shape index (κ1) is 19.1. The SMILES string of the molecule is Cc1nc(C(=O)N2CCC(NCC3CC3)CC2)nn1-c1ccccc1C(C)C. The molecule has 0 unspecified atom stereocenters. The Labute approximate surface area is 167 Å². The molecular weight excluding hydrogens is 350 g/mol. The van der Waals surface area contributed by atoms with Crippen molar-refractivity contribution in [1.82, 2.24) is 25.0 Å². The van der Waals surface area contributed by atoms with Gasteiger partial charge >= 0.3 is 0 Å². The number of rotatable bonds is 6. The highest BCUT2D eigenvalue weighted by molar-refractivity contribution is 5.90. The van der Waals surface area contributed by atoms with E-state index in [9.17, 15) is 4.79 Å². The molecule has 0 spiro atoms. The average Bonchev–Trinajstić information content (AvgIpc) is 3.46. The molecular formula is C22H31N5O. The molecule has 0 radical (unpaired) electrons. The summed E-state index contributed by atoms with van der Waals surface area (Å²) in [6.45, 7) is 8.93. The molecule has 0 bridgehead atoms. The largest absolute Gasteiger partial charge is 0.336 e. The van der Waals surface area contributed by atoms with Gasteiger partial charge in [0.05, 0.1) is 5.69 Å². The number of para-hydroxylation sites is 1. The van der Waals surface area contributed by atoms with E-state index >= 15 is 0 Å². The normalized spacial score (nSPS) is 18.1. The fourth-order valence-electron chi connectivity index (χ4n) is 3.96. The van der Waals surface area contributed by atoms with Gasteiger partial charge in [-0.3, -0.25) is 4.79 Å². The second-order valence-electron chi connectivity index (χ2n) is 8.53. The van der Waals surface area contributed by atoms with Crippen molar-refractivity contribution in [2.24, 2.45) is 5.92 Å². The second kappa shape index (κ2) is 8.03. The van der Waals surface area contributed by atoms with E-state index in [0.717, 1.165) is 49.9 Å². The number of hydrogen-bond donors (Lipinski definition) is 1. The Bertz CT molecular complexity index is 831. The highest BCUT2D eigenvalue weighted by Crippen LogP contribution is 2.28. The minimum atomic E-state index is -0.0514. The van der Waals surface area contributed by atoms with Crippen LogP contribution in [0.4, 0.5) is 0 Å². The van der Waals surface area contributed by atoms with E-state index in [-0.39, 0.29) is 5.91 Å². The summed E-state index contributed by atoms with van der Waals surface area (Å²) in [5, 5.41) is 8.24. The molecule has 1 aliphatic heterocycles. The summed E-state index contributed by atoms with van der Waals surface area (Å²) in [6, 6.07) is 8.74. The summed E-state index contributed by atoms with van der Waals surface area (Å²) in [5.41, 5.74) is 2.21. The van der Waals surface area contributed by atoms with E-state index in [1.807, 2.05) is 34.7 Å². The molecule has 28 heavy (non-hydrogen) atoms. The van der Waals surface area contributed by atoms with Crippen LogP contribution in [0.1, 0.15) is 67.5 Å². The maximum atomic E-state index is 13.0. The third kappa shape index (κ3) is 4.12. The summed E-state index contributed by atoms with van der Waals surface area (Å²) >= 11 is 0. The maximum Gasteiger partial charge on any atom is 0.293 e. The molecule has 2 aliphatic rings. The zero-order chi connectivity index (χ0) is 19.7. The average molecular weight is 382 g/mol. The van der Waals surface area contributed by atoms with E-state index in [4.69, 9.17) is 0 Å². The Kier molecular flexibility index (Phi) is 5.49. The molecule has 1 aromatic heterocycles. The van der Waals surface area contributed by atoms with E-state index < -0.39 is 0 Å². The zero-order valence-corrected chi connectivity index (χ0v) is 17.2. The first-order chi connectivity index (χ1) is 13.5. The first-order valence-electron chi connectivity index (χ1n) is 10.6. The number of carbonyl (C=O) groups excluding carboxylic acids is 1. The van der Waals surface area contributed by atoms with Crippen LogP contribution in [0.15, 0.2) is 24.3 Å². The van der Waals surface area contributed by atoms with Crippen molar-refractivity contribution >= 4 is 5.91 Å². The maximum absolute atomic E-state index is 13.0. The van der Waals surface area contributed by atoms with Gasteiger partial charge in [-0.15, -0.1) is 5.10 Å². The van der Waals surface area contributed by atoms with Gasteiger partial charge in [0.1, 0.15) is 5.82 Å². The standard InChI is InChI=1S/C22H31N5O/c1-15(2)19-6-4-5-7-20(19)27-16(3)24-21(25-27)22(28)26-12-10-18(11-13-26)23-14-17-8-9-17/h4-7,15,17-18,23H,8-14H2,1-3H3. The van der Waals surface area contributed by atoms with Gasteiger partial charge in [-0.25, -0.2) is 9.67 Å². The molecule has 2 heterocycles. The van der Waals surface area contributed by atoms with Crippen LogP contribution in [-0.4, -0.2) is 51.2 Å². The van der Waals surface area contributed by atoms with Crippen molar-refractivity contribution in [2.75, 3.05) is 19.6 Å². The van der Waals surface area contributed by atoms with Gasteiger partial charge in [-0.1, -0.05) is 32.0 Å². The molecule has 6 heteroatoms. The first-order valence-corrected chi connectivity index (χ1v) is 10.6. The number of amides is 1. The van der Waals surface area contributed by atoms with Crippen LogP contribution < -0.4 is 5.32 Å². The number of aromatic nitrogens is 3. The number of benzene rings is 1. The van der Waals surface area contributed by atoms with Crippen LogP contribution in [0.2, 0.25) is 0 Å². The summed E-state index contributed by atoms with van der Waals surface area (Å²) < 4.78 is 1.81. The Balaban J connectivity index is 1.44. The number of likely N-dealkylation sites (tertiary alicyclic amines) is 1. The number of nitrogens with zero attached hydrogens (tertiary/aromatic N) is 4. The van der Waals surface area contributed by atoms with Gasteiger partial charge in [-0.05, 0) is 62.6 Å². The molecule has 1 aliphatic carbocycles.